The highest BCUT2D eigenvalue weighted by Crippen LogP contribution is 2.31. The van der Waals surface area contributed by atoms with E-state index in [4.69, 9.17) is 14.2 Å². The van der Waals surface area contributed by atoms with Gasteiger partial charge < -0.3 is 29.8 Å². The van der Waals surface area contributed by atoms with Crippen molar-refractivity contribution in [1.82, 2.24) is 10.3 Å². The molecule has 0 saturated carbocycles. The minimum atomic E-state index is -0.650. The number of aromatic nitrogens is 1. The maximum absolute atomic E-state index is 13.5. The first-order valence-electron chi connectivity index (χ1n) is 14.1. The van der Waals surface area contributed by atoms with Gasteiger partial charge in [-0.15, -0.1) is 0 Å². The number of pyridine rings is 1. The Kier molecular flexibility index (Phi) is 9.73. The Morgan fingerprint density at radius 3 is 2.25 bits per heavy atom. The van der Waals surface area contributed by atoms with Gasteiger partial charge in [-0.3, -0.25) is 14.4 Å². The van der Waals surface area contributed by atoms with Gasteiger partial charge in [-0.25, -0.2) is 4.79 Å². The summed E-state index contributed by atoms with van der Waals surface area (Å²) < 4.78 is 16.0. The predicted molar refractivity (Wildman–Crippen MR) is 169 cm³/mol. The van der Waals surface area contributed by atoms with E-state index in [1.54, 1.807) is 58.0 Å². The molecule has 10 heteroatoms. The number of methoxy groups -OCH3 is 2. The average Bonchev–Trinajstić information content (AvgIpc) is 2.98. The third kappa shape index (κ3) is 7.83. The lowest BCUT2D eigenvalue weighted by molar-refractivity contribution is 0.0522. The summed E-state index contributed by atoms with van der Waals surface area (Å²) >= 11 is 0. The number of amides is 2. The Bertz CT molecular complexity index is 1740. The number of hydrogen-bond acceptors (Lipinski definition) is 7. The Hall–Kier alpha value is -5.12. The summed E-state index contributed by atoms with van der Waals surface area (Å²) in [6, 6.07) is 19.3. The molecule has 0 bridgehead atoms. The fraction of sp³-hybridized carbons (Fsp3) is 0.294. The number of ether oxygens (including phenoxy) is 3. The quantitative estimate of drug-likeness (QED) is 0.191. The fourth-order valence-corrected chi connectivity index (χ4v) is 4.72. The summed E-state index contributed by atoms with van der Waals surface area (Å²) in [6.07, 6.45) is -0.459. The number of hydrogen-bond donors (Lipinski definition) is 3. The number of Topliss-reactive ketones (excluding diaryl/α,β-unsaturated/α-hetero) is 1. The smallest absolute Gasteiger partial charge is 0.407 e. The zero-order valence-corrected chi connectivity index (χ0v) is 25.7. The van der Waals surface area contributed by atoms with Crippen molar-refractivity contribution in [3.63, 3.8) is 0 Å². The lowest BCUT2D eigenvalue weighted by Crippen LogP contribution is -2.35. The van der Waals surface area contributed by atoms with E-state index in [1.165, 1.54) is 20.3 Å². The van der Waals surface area contributed by atoms with Crippen LogP contribution in [0.15, 0.2) is 71.5 Å². The summed E-state index contributed by atoms with van der Waals surface area (Å²) in [5.74, 6) is -0.220. The van der Waals surface area contributed by atoms with Crippen LogP contribution >= 0.6 is 0 Å². The number of benzene rings is 3. The van der Waals surface area contributed by atoms with Gasteiger partial charge in [-0.1, -0.05) is 42.5 Å². The number of nitrogens with one attached hydrogen (secondary N) is 3. The lowest BCUT2D eigenvalue weighted by Gasteiger charge is -2.22. The van der Waals surface area contributed by atoms with Crippen LogP contribution in [-0.4, -0.2) is 49.1 Å². The van der Waals surface area contributed by atoms with Crippen LogP contribution in [0, 0.1) is 6.92 Å². The third-order valence-electron chi connectivity index (χ3n) is 7.00. The van der Waals surface area contributed by atoms with Crippen LogP contribution in [0.25, 0.3) is 10.9 Å². The van der Waals surface area contributed by atoms with Crippen molar-refractivity contribution in [2.24, 2.45) is 0 Å². The minimum Gasteiger partial charge on any atom is -0.493 e. The minimum absolute atomic E-state index is 0.0989. The summed E-state index contributed by atoms with van der Waals surface area (Å²) in [7, 11) is 2.99. The molecule has 4 rings (SSSR count). The Labute approximate surface area is 255 Å². The molecule has 1 heterocycles. The lowest BCUT2D eigenvalue weighted by atomic mass is 9.91. The van der Waals surface area contributed by atoms with Crippen molar-refractivity contribution < 1.29 is 28.6 Å². The highest BCUT2D eigenvalue weighted by molar-refractivity contribution is 6.07. The number of alkyl carbamates (subject to hydrolysis) is 1. The first kappa shape index (κ1) is 31.8. The molecule has 0 radical (unpaired) electrons. The summed E-state index contributed by atoms with van der Waals surface area (Å²) in [5.41, 5.74) is 1.55. The van der Waals surface area contributed by atoms with Crippen molar-refractivity contribution in [3.8, 4) is 11.5 Å². The molecule has 1 unspecified atom stereocenters. The molecule has 2 amide bonds. The molecule has 1 atom stereocenters. The van der Waals surface area contributed by atoms with Gasteiger partial charge in [0.25, 0.3) is 11.5 Å². The van der Waals surface area contributed by atoms with Crippen LogP contribution in [0.3, 0.4) is 0 Å². The molecule has 0 aliphatic rings. The van der Waals surface area contributed by atoms with Gasteiger partial charge in [0.2, 0.25) is 0 Å². The first-order chi connectivity index (χ1) is 20.9. The second-order valence-electron chi connectivity index (χ2n) is 11.4. The molecule has 44 heavy (non-hydrogen) atoms. The fourth-order valence-electron chi connectivity index (χ4n) is 4.72. The molecule has 230 valence electrons. The summed E-state index contributed by atoms with van der Waals surface area (Å²) in [4.78, 5) is 54.7. The number of carbonyl (C=O) groups is 3. The van der Waals surface area contributed by atoms with E-state index >= 15 is 0 Å². The van der Waals surface area contributed by atoms with Gasteiger partial charge >= 0.3 is 6.09 Å². The van der Waals surface area contributed by atoms with Gasteiger partial charge in [0.1, 0.15) is 11.2 Å². The molecule has 0 spiro atoms. The first-order valence-corrected chi connectivity index (χ1v) is 14.1. The summed E-state index contributed by atoms with van der Waals surface area (Å²) in [5, 5.41) is 6.14. The van der Waals surface area contributed by atoms with Crippen LogP contribution in [0.1, 0.15) is 65.0 Å². The second kappa shape index (κ2) is 13.5. The molecule has 0 saturated heterocycles. The molecule has 0 aliphatic heterocycles. The number of ketones is 1. The number of H-pyrrole nitrogens is 1. The van der Waals surface area contributed by atoms with Crippen LogP contribution in [0.5, 0.6) is 11.5 Å². The van der Waals surface area contributed by atoms with E-state index in [2.05, 4.69) is 15.6 Å². The number of aromatic amines is 1. The van der Waals surface area contributed by atoms with Gasteiger partial charge in [-0.05, 0) is 57.0 Å². The highest BCUT2D eigenvalue weighted by Gasteiger charge is 2.22. The van der Waals surface area contributed by atoms with Gasteiger partial charge in [0, 0.05) is 41.6 Å². The zero-order valence-electron chi connectivity index (χ0n) is 25.7. The highest BCUT2D eigenvalue weighted by atomic mass is 16.6. The maximum atomic E-state index is 13.5. The molecule has 0 aliphatic carbocycles. The van der Waals surface area contributed by atoms with Crippen molar-refractivity contribution in [1.29, 1.82) is 0 Å². The second-order valence-corrected chi connectivity index (χ2v) is 11.4. The predicted octanol–water partition coefficient (Wildman–Crippen LogP) is 5.99. The van der Waals surface area contributed by atoms with E-state index in [0.29, 0.717) is 39.2 Å². The molecule has 1 aromatic heterocycles. The van der Waals surface area contributed by atoms with E-state index in [9.17, 15) is 19.2 Å². The molecular formula is C34H37N3O7. The topological polar surface area (TPSA) is 136 Å². The van der Waals surface area contributed by atoms with E-state index in [-0.39, 0.29) is 30.2 Å². The number of carbonyl (C=O) groups excluding carboxylic acids is 3. The standard InChI is InChI=1S/C34H37N3O7/c1-20-12-13-22(28(38)16-24(21-10-8-7-9-11-21)19-35-33(41)44-34(2,3)4)15-26(20)36-31(39)25-14-23-17-29(42-5)30(43-6)18-27(23)37-32(25)40/h7-15,17-18,24H,16,19H2,1-6H3,(H,35,41)(H,36,39)(H,37,40). The third-order valence-corrected chi connectivity index (χ3v) is 7.00. The Morgan fingerprint density at radius 2 is 1.59 bits per heavy atom. The van der Waals surface area contributed by atoms with Crippen molar-refractivity contribution in [3.05, 3.63) is 99.3 Å². The Morgan fingerprint density at radius 1 is 0.909 bits per heavy atom. The largest absolute Gasteiger partial charge is 0.493 e. The van der Waals surface area contributed by atoms with Gasteiger partial charge in [0.15, 0.2) is 17.3 Å². The molecule has 0 fully saturated rings. The van der Waals surface area contributed by atoms with Crippen LogP contribution in [0.4, 0.5) is 10.5 Å². The van der Waals surface area contributed by atoms with E-state index in [0.717, 1.165) is 5.56 Å². The SMILES string of the molecule is COc1cc2cc(C(=O)Nc3cc(C(=O)CC(CNC(=O)OC(C)(C)C)c4ccccc4)ccc3C)c(=O)[nH]c2cc1OC. The molecule has 3 aromatic carbocycles. The van der Waals surface area contributed by atoms with E-state index in [1.807, 2.05) is 30.3 Å². The van der Waals surface area contributed by atoms with Crippen molar-refractivity contribution in [2.45, 2.75) is 45.6 Å². The molecule has 4 aromatic rings. The number of anilines is 1. The normalized spacial score (nSPS) is 11.9. The number of aryl methyl sites for hydroxylation is 1. The van der Waals surface area contributed by atoms with Crippen LogP contribution in [-0.2, 0) is 4.74 Å². The van der Waals surface area contributed by atoms with Crippen LogP contribution in [0.2, 0.25) is 0 Å². The monoisotopic (exact) mass is 599 g/mol. The number of fused-ring (bicyclic) bond motifs is 1. The zero-order chi connectivity index (χ0) is 32.0. The van der Waals surface area contributed by atoms with Gasteiger partial charge in [-0.2, -0.15) is 0 Å². The van der Waals surface area contributed by atoms with E-state index < -0.39 is 23.2 Å². The average molecular weight is 600 g/mol. The molecular weight excluding hydrogens is 562 g/mol. The molecule has 3 N–H and O–H groups in total. The number of rotatable bonds is 10. The maximum Gasteiger partial charge on any atom is 0.407 e. The van der Waals surface area contributed by atoms with Crippen LogP contribution < -0.4 is 25.7 Å². The summed E-state index contributed by atoms with van der Waals surface area (Å²) in [6.45, 7) is 7.33. The van der Waals surface area contributed by atoms with Crippen molar-refractivity contribution >= 4 is 34.4 Å². The van der Waals surface area contributed by atoms with Crippen molar-refractivity contribution in [2.75, 3.05) is 26.1 Å². The molecule has 10 nitrogen and oxygen atoms in total. The Balaban J connectivity index is 1.55. The van der Waals surface area contributed by atoms with Gasteiger partial charge in [0.05, 0.1) is 19.7 Å².